The first-order chi connectivity index (χ1) is 10.9. The number of carbonyl (C=O) groups is 1. The van der Waals surface area contributed by atoms with Crippen molar-refractivity contribution in [2.75, 3.05) is 29.5 Å². The normalized spacial score (nSPS) is 26.2. The highest BCUT2D eigenvalue weighted by Gasteiger charge is 2.32. The number of benzene rings is 1. The molecule has 2 heterocycles. The Kier molecular flexibility index (Phi) is 4.50. The Hall–Kier alpha value is -1.35. The molecule has 2 saturated heterocycles. The summed E-state index contributed by atoms with van der Waals surface area (Å²) in [7, 11) is -2.48. The Morgan fingerprint density at radius 1 is 1.35 bits per heavy atom. The maximum absolute atomic E-state index is 14.5. The lowest BCUT2D eigenvalue weighted by atomic mass is 9.93. The summed E-state index contributed by atoms with van der Waals surface area (Å²) in [6.07, 6.45) is 0.229. The highest BCUT2D eigenvalue weighted by atomic mass is 32.3. The molecule has 0 saturated carbocycles. The molecule has 0 aliphatic carbocycles. The van der Waals surface area contributed by atoms with E-state index in [9.17, 15) is 18.3 Å². The van der Waals surface area contributed by atoms with Gasteiger partial charge in [0.05, 0.1) is 12.2 Å². The zero-order valence-corrected chi connectivity index (χ0v) is 13.5. The second kappa shape index (κ2) is 6.27. The van der Waals surface area contributed by atoms with Crippen LogP contribution in [-0.4, -0.2) is 45.9 Å². The van der Waals surface area contributed by atoms with E-state index < -0.39 is 16.7 Å². The summed E-state index contributed by atoms with van der Waals surface area (Å²) in [6, 6.07) is 4.71. The molecule has 128 valence electrons. The molecule has 0 aromatic heterocycles. The number of halogens is 1. The van der Waals surface area contributed by atoms with Crippen LogP contribution in [0, 0.1) is 5.82 Å². The monoisotopic (exact) mass is 344 g/mol. The van der Waals surface area contributed by atoms with Gasteiger partial charge < -0.3 is 10.5 Å². The summed E-state index contributed by atoms with van der Waals surface area (Å²) in [6.45, 7) is 0.551. The average Bonchev–Trinajstić information content (AvgIpc) is 2.89. The van der Waals surface area contributed by atoms with Gasteiger partial charge in [0.15, 0.2) is 0 Å². The summed E-state index contributed by atoms with van der Waals surface area (Å²) in [5.41, 5.74) is 6.51. The van der Waals surface area contributed by atoms with Crippen LogP contribution < -0.4 is 10.6 Å². The van der Waals surface area contributed by atoms with E-state index in [4.69, 9.17) is 10.5 Å². The topological polar surface area (TPSA) is 96.0 Å². The van der Waals surface area contributed by atoms with Gasteiger partial charge in [-0.15, -0.1) is 0 Å². The summed E-state index contributed by atoms with van der Waals surface area (Å²) in [4.78, 5) is 13.2. The maximum Gasteiger partial charge on any atom is 0.414 e. The van der Waals surface area contributed by atoms with Crippen LogP contribution >= 0.6 is 10.6 Å². The molecular formula is C15H21FN2O4S. The molecule has 23 heavy (non-hydrogen) atoms. The highest BCUT2D eigenvalue weighted by molar-refractivity contribution is 8.24. The van der Waals surface area contributed by atoms with Gasteiger partial charge in [0.1, 0.15) is 11.9 Å². The van der Waals surface area contributed by atoms with Gasteiger partial charge in [-0.05, 0) is 36.5 Å². The molecule has 2 aliphatic rings. The SMILES string of the molecule is NC[C@H]1CN(c2ccc(C3CCS(O)(O)CC3)c(F)c2)C(=O)O1. The lowest BCUT2D eigenvalue weighted by Gasteiger charge is -2.39. The van der Waals surface area contributed by atoms with Crippen LogP contribution in [0.1, 0.15) is 24.3 Å². The van der Waals surface area contributed by atoms with E-state index in [1.54, 1.807) is 12.1 Å². The first-order valence-corrected chi connectivity index (χ1v) is 9.49. The van der Waals surface area contributed by atoms with Crippen LogP contribution in [0.4, 0.5) is 14.9 Å². The minimum Gasteiger partial charge on any atom is -0.443 e. The Morgan fingerprint density at radius 2 is 2.04 bits per heavy atom. The van der Waals surface area contributed by atoms with Gasteiger partial charge in [-0.3, -0.25) is 14.0 Å². The van der Waals surface area contributed by atoms with E-state index in [2.05, 4.69) is 0 Å². The first kappa shape index (κ1) is 16.5. The quantitative estimate of drug-likeness (QED) is 0.783. The van der Waals surface area contributed by atoms with Crippen LogP contribution in [-0.2, 0) is 4.74 Å². The highest BCUT2D eigenvalue weighted by Crippen LogP contribution is 2.48. The van der Waals surface area contributed by atoms with E-state index >= 15 is 0 Å². The number of anilines is 1. The molecule has 8 heteroatoms. The second-order valence-electron chi connectivity index (χ2n) is 6.04. The molecule has 1 aromatic rings. The third-order valence-corrected chi connectivity index (χ3v) is 6.24. The fourth-order valence-electron chi connectivity index (χ4n) is 3.09. The predicted molar refractivity (Wildman–Crippen MR) is 87.6 cm³/mol. The van der Waals surface area contributed by atoms with Gasteiger partial charge >= 0.3 is 6.09 Å². The molecule has 4 N–H and O–H groups in total. The van der Waals surface area contributed by atoms with Crippen molar-refractivity contribution in [1.82, 2.24) is 0 Å². The Morgan fingerprint density at radius 3 is 2.61 bits per heavy atom. The van der Waals surface area contributed by atoms with Crippen molar-refractivity contribution in [3.63, 3.8) is 0 Å². The summed E-state index contributed by atoms with van der Waals surface area (Å²) >= 11 is 0. The van der Waals surface area contributed by atoms with Crippen molar-refractivity contribution in [3.8, 4) is 0 Å². The van der Waals surface area contributed by atoms with Gasteiger partial charge in [0.2, 0.25) is 0 Å². The fraction of sp³-hybridized carbons (Fsp3) is 0.533. The Labute approximate surface area is 135 Å². The van der Waals surface area contributed by atoms with Crippen LogP contribution in [0.2, 0.25) is 0 Å². The molecular weight excluding hydrogens is 323 g/mol. The zero-order valence-electron chi connectivity index (χ0n) is 12.7. The predicted octanol–water partition coefficient (Wildman–Crippen LogP) is 2.74. The summed E-state index contributed by atoms with van der Waals surface area (Å²) < 4.78 is 38.8. The number of amides is 1. The number of hydrogen-bond donors (Lipinski definition) is 3. The molecule has 0 bridgehead atoms. The maximum atomic E-state index is 14.5. The smallest absolute Gasteiger partial charge is 0.414 e. The standard InChI is InChI=1S/C15H21FN2O4S/c16-14-7-11(18-9-12(8-17)22-15(18)19)1-2-13(14)10-3-5-23(20,21)6-4-10/h1-2,7,10,12,20-21H,3-6,8-9,17H2/t12-/m0/s1. The number of ether oxygens (including phenoxy) is 1. The van der Waals surface area contributed by atoms with Crippen molar-refractivity contribution in [3.05, 3.63) is 29.6 Å². The van der Waals surface area contributed by atoms with Crippen molar-refractivity contribution in [2.24, 2.45) is 5.73 Å². The Balaban J connectivity index is 1.75. The van der Waals surface area contributed by atoms with Crippen LogP contribution in [0.5, 0.6) is 0 Å². The van der Waals surface area contributed by atoms with Crippen molar-refractivity contribution in [2.45, 2.75) is 24.9 Å². The molecule has 0 spiro atoms. The summed E-state index contributed by atoms with van der Waals surface area (Å²) in [5.74, 6) is 0.228. The van der Waals surface area contributed by atoms with Crippen LogP contribution in [0.15, 0.2) is 18.2 Å². The number of carbonyl (C=O) groups excluding carboxylic acids is 1. The molecule has 1 atom stereocenters. The van der Waals surface area contributed by atoms with Crippen molar-refractivity contribution >= 4 is 22.4 Å². The fourth-order valence-corrected chi connectivity index (χ4v) is 4.62. The summed E-state index contributed by atoms with van der Waals surface area (Å²) in [5, 5.41) is 0. The van der Waals surface area contributed by atoms with Crippen molar-refractivity contribution < 1.29 is 23.0 Å². The minimum atomic E-state index is -2.48. The lowest BCUT2D eigenvalue weighted by Crippen LogP contribution is -2.27. The molecule has 0 unspecified atom stereocenters. The van der Waals surface area contributed by atoms with Gasteiger partial charge in [0, 0.05) is 18.1 Å². The molecule has 0 radical (unpaired) electrons. The van der Waals surface area contributed by atoms with Crippen LogP contribution in [0.25, 0.3) is 0 Å². The van der Waals surface area contributed by atoms with E-state index in [0.717, 1.165) is 0 Å². The van der Waals surface area contributed by atoms with E-state index in [-0.39, 0.29) is 24.4 Å². The zero-order chi connectivity index (χ0) is 16.6. The third kappa shape index (κ3) is 3.45. The average molecular weight is 344 g/mol. The van der Waals surface area contributed by atoms with Gasteiger partial charge in [-0.25, -0.2) is 9.18 Å². The number of nitrogens with zero attached hydrogens (tertiary/aromatic N) is 1. The molecule has 3 rings (SSSR count). The Bertz CT molecular complexity index is 603. The van der Waals surface area contributed by atoms with Gasteiger partial charge in [-0.2, -0.15) is 10.6 Å². The second-order valence-corrected chi connectivity index (χ2v) is 8.46. The van der Waals surface area contributed by atoms with Gasteiger partial charge in [0.25, 0.3) is 0 Å². The molecule has 2 aliphatic heterocycles. The van der Waals surface area contributed by atoms with Gasteiger partial charge in [-0.1, -0.05) is 6.07 Å². The number of rotatable bonds is 3. The number of nitrogens with two attached hydrogens (primary N) is 1. The molecule has 1 amide bonds. The molecule has 6 nitrogen and oxygen atoms in total. The third-order valence-electron chi connectivity index (χ3n) is 4.46. The number of hydrogen-bond acceptors (Lipinski definition) is 5. The number of cyclic esters (lactones) is 1. The largest absolute Gasteiger partial charge is 0.443 e. The van der Waals surface area contributed by atoms with Crippen molar-refractivity contribution in [1.29, 1.82) is 0 Å². The minimum absolute atomic E-state index is 0.0219. The van der Waals surface area contributed by atoms with E-state index in [0.29, 0.717) is 42.1 Å². The van der Waals surface area contributed by atoms with E-state index in [1.165, 1.54) is 11.0 Å². The lowest BCUT2D eigenvalue weighted by molar-refractivity contribution is 0.145. The van der Waals surface area contributed by atoms with E-state index in [1.807, 2.05) is 0 Å². The molecule has 1 aromatic carbocycles. The van der Waals surface area contributed by atoms with Crippen LogP contribution in [0.3, 0.4) is 0 Å². The first-order valence-electron chi connectivity index (χ1n) is 7.61. The molecule has 2 fully saturated rings.